The molecule has 1 rings (SSSR count). The third kappa shape index (κ3) is 2.82. The quantitative estimate of drug-likeness (QED) is 0.683. The molecule has 0 aromatic carbocycles. The highest BCUT2D eigenvalue weighted by molar-refractivity contribution is 4.96. The Morgan fingerprint density at radius 2 is 2.07 bits per heavy atom. The topological polar surface area (TPSA) is 29.3 Å². The van der Waals surface area contributed by atoms with Gasteiger partial charge in [-0.25, -0.2) is 0 Å². The van der Waals surface area contributed by atoms with E-state index < -0.39 is 0 Å². The number of hydrogen-bond acceptors (Lipinski definition) is 2. The van der Waals surface area contributed by atoms with E-state index in [1.807, 2.05) is 6.08 Å². The molecule has 1 fully saturated rings. The van der Waals surface area contributed by atoms with Crippen LogP contribution in [0.15, 0.2) is 12.7 Å². The lowest BCUT2D eigenvalue weighted by molar-refractivity contribution is 0.0969. The lowest BCUT2D eigenvalue weighted by Crippen LogP contribution is -2.56. The van der Waals surface area contributed by atoms with E-state index in [0.29, 0.717) is 0 Å². The van der Waals surface area contributed by atoms with Crippen LogP contribution in [-0.2, 0) is 0 Å². The van der Waals surface area contributed by atoms with Crippen LogP contribution in [0.5, 0.6) is 0 Å². The Hall–Kier alpha value is -0.340. The van der Waals surface area contributed by atoms with E-state index in [-0.39, 0.29) is 11.6 Å². The minimum atomic E-state index is 0.194. The fraction of sp³-hybridized carbons (Fsp3) is 0.846. The van der Waals surface area contributed by atoms with Gasteiger partial charge in [0.1, 0.15) is 0 Å². The molecule has 1 aliphatic heterocycles. The van der Waals surface area contributed by atoms with Crippen molar-refractivity contribution < 1.29 is 0 Å². The molecule has 15 heavy (non-hydrogen) atoms. The summed E-state index contributed by atoms with van der Waals surface area (Å²) in [7, 11) is 0. The van der Waals surface area contributed by atoms with Gasteiger partial charge in [0.25, 0.3) is 0 Å². The standard InChI is InChI=1S/C13H26N2/c1-4-6-9-12(14)13(3,5-2)15-10-7-8-11-15/h4,12H,1,5-11,14H2,2-3H3. The van der Waals surface area contributed by atoms with Gasteiger partial charge in [0.15, 0.2) is 0 Å². The molecule has 0 spiro atoms. The van der Waals surface area contributed by atoms with Gasteiger partial charge in [0.2, 0.25) is 0 Å². The lowest BCUT2D eigenvalue weighted by atomic mass is 9.85. The molecule has 2 heteroatoms. The fourth-order valence-corrected chi connectivity index (χ4v) is 2.56. The van der Waals surface area contributed by atoms with Crippen molar-refractivity contribution in [2.45, 2.75) is 57.5 Å². The maximum absolute atomic E-state index is 6.34. The summed E-state index contributed by atoms with van der Waals surface area (Å²) < 4.78 is 0. The van der Waals surface area contributed by atoms with E-state index in [1.165, 1.54) is 25.9 Å². The molecule has 1 heterocycles. The molecular formula is C13H26N2. The van der Waals surface area contributed by atoms with Gasteiger partial charge in [-0.2, -0.15) is 0 Å². The third-order valence-corrected chi connectivity index (χ3v) is 4.02. The summed E-state index contributed by atoms with van der Waals surface area (Å²) >= 11 is 0. The largest absolute Gasteiger partial charge is 0.326 e. The van der Waals surface area contributed by atoms with Gasteiger partial charge in [-0.3, -0.25) is 4.90 Å². The van der Waals surface area contributed by atoms with Gasteiger partial charge in [-0.1, -0.05) is 13.0 Å². The Morgan fingerprint density at radius 1 is 1.47 bits per heavy atom. The van der Waals surface area contributed by atoms with E-state index >= 15 is 0 Å². The van der Waals surface area contributed by atoms with Crippen LogP contribution in [0.1, 0.15) is 46.0 Å². The first-order chi connectivity index (χ1) is 7.15. The second-order valence-electron chi connectivity index (χ2n) is 4.88. The lowest BCUT2D eigenvalue weighted by Gasteiger charge is -2.43. The normalized spacial score (nSPS) is 23.7. The number of nitrogens with two attached hydrogens (primary N) is 1. The van der Waals surface area contributed by atoms with Crippen molar-refractivity contribution in [3.05, 3.63) is 12.7 Å². The number of nitrogens with zero attached hydrogens (tertiary/aromatic N) is 1. The second kappa shape index (κ2) is 5.66. The predicted molar refractivity (Wildman–Crippen MR) is 66.9 cm³/mol. The van der Waals surface area contributed by atoms with Crippen molar-refractivity contribution >= 4 is 0 Å². The monoisotopic (exact) mass is 210 g/mol. The highest BCUT2D eigenvalue weighted by atomic mass is 15.2. The highest BCUT2D eigenvalue weighted by Crippen LogP contribution is 2.28. The molecule has 2 atom stereocenters. The average molecular weight is 210 g/mol. The van der Waals surface area contributed by atoms with Gasteiger partial charge in [-0.15, -0.1) is 6.58 Å². The van der Waals surface area contributed by atoms with Gasteiger partial charge in [0.05, 0.1) is 0 Å². The zero-order valence-electron chi connectivity index (χ0n) is 10.3. The number of allylic oxidation sites excluding steroid dienone is 1. The molecule has 0 radical (unpaired) electrons. The minimum Gasteiger partial charge on any atom is -0.326 e. The Morgan fingerprint density at radius 3 is 2.53 bits per heavy atom. The van der Waals surface area contributed by atoms with E-state index in [1.54, 1.807) is 0 Å². The molecule has 0 bridgehead atoms. The van der Waals surface area contributed by atoms with E-state index in [4.69, 9.17) is 5.73 Å². The van der Waals surface area contributed by atoms with Crippen LogP contribution in [-0.4, -0.2) is 29.6 Å². The third-order valence-electron chi connectivity index (χ3n) is 4.02. The first kappa shape index (κ1) is 12.7. The molecule has 1 aliphatic rings. The van der Waals surface area contributed by atoms with Crippen LogP contribution < -0.4 is 5.73 Å². The predicted octanol–water partition coefficient (Wildman–Crippen LogP) is 2.54. The Kier molecular flexibility index (Phi) is 4.81. The zero-order valence-corrected chi connectivity index (χ0v) is 10.3. The molecule has 2 nitrogen and oxygen atoms in total. The maximum atomic E-state index is 6.34. The summed E-state index contributed by atoms with van der Waals surface area (Å²) in [6, 6.07) is 0.276. The Labute approximate surface area is 94.5 Å². The van der Waals surface area contributed by atoms with Crippen molar-refractivity contribution in [1.82, 2.24) is 4.90 Å². The van der Waals surface area contributed by atoms with Gasteiger partial charge < -0.3 is 5.73 Å². The van der Waals surface area contributed by atoms with Crippen molar-refractivity contribution in [3.63, 3.8) is 0 Å². The van der Waals surface area contributed by atoms with Gasteiger partial charge in [-0.05, 0) is 52.1 Å². The molecule has 0 saturated carbocycles. The number of hydrogen-bond donors (Lipinski definition) is 1. The van der Waals surface area contributed by atoms with E-state index in [0.717, 1.165) is 19.3 Å². The average Bonchev–Trinajstić information content (AvgIpc) is 2.78. The van der Waals surface area contributed by atoms with Crippen LogP contribution in [0.25, 0.3) is 0 Å². The van der Waals surface area contributed by atoms with Crippen LogP contribution in [0, 0.1) is 0 Å². The maximum Gasteiger partial charge on any atom is 0.0329 e. The molecule has 88 valence electrons. The van der Waals surface area contributed by atoms with Crippen molar-refractivity contribution in [3.8, 4) is 0 Å². The highest BCUT2D eigenvalue weighted by Gasteiger charge is 2.36. The summed E-state index contributed by atoms with van der Waals surface area (Å²) in [6.45, 7) is 10.8. The Balaban J connectivity index is 2.60. The molecule has 0 amide bonds. The van der Waals surface area contributed by atoms with E-state index in [9.17, 15) is 0 Å². The first-order valence-electron chi connectivity index (χ1n) is 6.26. The molecule has 0 aliphatic carbocycles. The molecule has 2 unspecified atom stereocenters. The molecule has 0 aromatic rings. The molecule has 1 saturated heterocycles. The van der Waals surface area contributed by atoms with Crippen molar-refractivity contribution in [2.75, 3.05) is 13.1 Å². The van der Waals surface area contributed by atoms with Crippen LogP contribution in [0.4, 0.5) is 0 Å². The molecule has 2 N–H and O–H groups in total. The first-order valence-corrected chi connectivity index (χ1v) is 6.26. The fourth-order valence-electron chi connectivity index (χ4n) is 2.56. The van der Waals surface area contributed by atoms with Crippen LogP contribution in [0.2, 0.25) is 0 Å². The van der Waals surface area contributed by atoms with Crippen molar-refractivity contribution in [2.24, 2.45) is 5.73 Å². The number of likely N-dealkylation sites (tertiary alicyclic amines) is 1. The van der Waals surface area contributed by atoms with Crippen LogP contribution >= 0.6 is 0 Å². The minimum absolute atomic E-state index is 0.194. The summed E-state index contributed by atoms with van der Waals surface area (Å²) in [5.41, 5.74) is 6.53. The molecule has 0 aromatic heterocycles. The van der Waals surface area contributed by atoms with Gasteiger partial charge >= 0.3 is 0 Å². The summed E-state index contributed by atoms with van der Waals surface area (Å²) in [4.78, 5) is 2.58. The van der Waals surface area contributed by atoms with Crippen LogP contribution in [0.3, 0.4) is 0 Å². The van der Waals surface area contributed by atoms with E-state index in [2.05, 4.69) is 25.3 Å². The smallest absolute Gasteiger partial charge is 0.0329 e. The Bertz CT molecular complexity index is 197. The SMILES string of the molecule is C=CCCC(N)C(C)(CC)N1CCCC1. The van der Waals surface area contributed by atoms with Gasteiger partial charge in [0, 0.05) is 11.6 Å². The molecular weight excluding hydrogens is 184 g/mol. The second-order valence-corrected chi connectivity index (χ2v) is 4.88. The summed E-state index contributed by atoms with van der Waals surface area (Å²) in [6.07, 6.45) is 7.88. The zero-order chi connectivity index (χ0) is 11.3. The summed E-state index contributed by atoms with van der Waals surface area (Å²) in [5, 5.41) is 0. The summed E-state index contributed by atoms with van der Waals surface area (Å²) in [5.74, 6) is 0. The van der Waals surface area contributed by atoms with Crippen molar-refractivity contribution in [1.29, 1.82) is 0 Å². The number of rotatable bonds is 6.